The standard InChI is InChI=1S/C24H25ClN2O5S/c1-17-22(25)5-4-6-23(17)27(33(29,30)21-13-11-20(32-3)12-14-21)16-24(28)26-15-18-7-9-19(31-2)10-8-18/h4-14H,15-16H2,1-3H3,(H,26,28). The second-order valence-corrected chi connectivity index (χ2v) is 9.47. The molecule has 0 aliphatic rings. The van der Waals surface area contributed by atoms with Gasteiger partial charge in [0, 0.05) is 11.6 Å². The Morgan fingerprint density at radius 3 is 2.09 bits per heavy atom. The number of hydrogen-bond donors (Lipinski definition) is 1. The number of amides is 1. The molecule has 0 fully saturated rings. The van der Waals surface area contributed by atoms with Gasteiger partial charge in [0.15, 0.2) is 0 Å². The van der Waals surface area contributed by atoms with E-state index in [-0.39, 0.29) is 11.4 Å². The molecular formula is C24H25ClN2O5S. The number of sulfonamides is 1. The zero-order valence-electron chi connectivity index (χ0n) is 18.5. The number of carbonyl (C=O) groups is 1. The van der Waals surface area contributed by atoms with Crippen LogP contribution in [0.3, 0.4) is 0 Å². The molecule has 1 N–H and O–H groups in total. The first kappa shape index (κ1) is 24.4. The lowest BCUT2D eigenvalue weighted by Crippen LogP contribution is -2.41. The van der Waals surface area contributed by atoms with E-state index in [1.165, 1.54) is 19.2 Å². The third kappa shape index (κ3) is 5.77. The lowest BCUT2D eigenvalue weighted by atomic mass is 10.2. The van der Waals surface area contributed by atoms with Crippen LogP contribution >= 0.6 is 11.6 Å². The summed E-state index contributed by atoms with van der Waals surface area (Å²) in [5.41, 5.74) is 1.74. The number of benzene rings is 3. The van der Waals surface area contributed by atoms with Gasteiger partial charge in [-0.1, -0.05) is 29.8 Å². The summed E-state index contributed by atoms with van der Waals surface area (Å²) in [6.45, 7) is 1.54. The molecule has 0 aliphatic carbocycles. The van der Waals surface area contributed by atoms with Crippen molar-refractivity contribution in [2.24, 2.45) is 0 Å². The Morgan fingerprint density at radius 2 is 1.52 bits per heavy atom. The van der Waals surface area contributed by atoms with Gasteiger partial charge < -0.3 is 14.8 Å². The van der Waals surface area contributed by atoms with E-state index >= 15 is 0 Å². The molecule has 0 radical (unpaired) electrons. The fourth-order valence-corrected chi connectivity index (χ4v) is 4.82. The predicted molar refractivity (Wildman–Crippen MR) is 129 cm³/mol. The Morgan fingerprint density at radius 1 is 0.939 bits per heavy atom. The third-order valence-corrected chi connectivity index (χ3v) is 7.27. The van der Waals surface area contributed by atoms with Crippen LogP contribution in [0.4, 0.5) is 5.69 Å². The summed E-state index contributed by atoms with van der Waals surface area (Å²) in [5.74, 6) is 0.775. The molecular weight excluding hydrogens is 464 g/mol. The van der Waals surface area contributed by atoms with Gasteiger partial charge in [-0.25, -0.2) is 8.42 Å². The summed E-state index contributed by atoms with van der Waals surface area (Å²) in [6, 6.07) is 18.2. The first-order valence-corrected chi connectivity index (χ1v) is 11.9. The molecule has 9 heteroatoms. The highest BCUT2D eigenvalue weighted by Crippen LogP contribution is 2.31. The molecule has 0 saturated heterocycles. The summed E-state index contributed by atoms with van der Waals surface area (Å²) in [4.78, 5) is 12.8. The molecule has 3 rings (SSSR count). The first-order chi connectivity index (χ1) is 15.8. The minimum Gasteiger partial charge on any atom is -0.497 e. The van der Waals surface area contributed by atoms with E-state index in [1.807, 2.05) is 12.1 Å². The highest BCUT2D eigenvalue weighted by molar-refractivity contribution is 7.92. The fraction of sp³-hybridized carbons (Fsp3) is 0.208. The van der Waals surface area contributed by atoms with Crippen molar-refractivity contribution in [1.29, 1.82) is 0 Å². The molecule has 3 aromatic rings. The average Bonchev–Trinajstić information content (AvgIpc) is 2.83. The largest absolute Gasteiger partial charge is 0.497 e. The summed E-state index contributed by atoms with van der Waals surface area (Å²) < 4.78 is 38.4. The number of carbonyl (C=O) groups excluding carboxylic acids is 1. The van der Waals surface area contributed by atoms with Crippen LogP contribution in [0.25, 0.3) is 0 Å². The molecule has 0 aliphatic heterocycles. The van der Waals surface area contributed by atoms with Crippen LogP contribution in [0.5, 0.6) is 11.5 Å². The minimum absolute atomic E-state index is 0.0330. The van der Waals surface area contributed by atoms with Crippen molar-refractivity contribution in [3.05, 3.63) is 82.9 Å². The quantitative estimate of drug-likeness (QED) is 0.488. The third-order valence-electron chi connectivity index (χ3n) is 5.09. The zero-order valence-corrected chi connectivity index (χ0v) is 20.1. The van der Waals surface area contributed by atoms with Crippen LogP contribution in [0.2, 0.25) is 5.02 Å². The van der Waals surface area contributed by atoms with Crippen molar-refractivity contribution in [1.82, 2.24) is 5.32 Å². The Hall–Kier alpha value is -3.23. The van der Waals surface area contributed by atoms with Crippen molar-refractivity contribution < 1.29 is 22.7 Å². The Kier molecular flexibility index (Phi) is 7.84. The van der Waals surface area contributed by atoms with Crippen molar-refractivity contribution in [2.75, 3.05) is 25.1 Å². The van der Waals surface area contributed by atoms with E-state index in [0.29, 0.717) is 27.8 Å². The maximum atomic E-state index is 13.5. The van der Waals surface area contributed by atoms with E-state index < -0.39 is 22.5 Å². The monoisotopic (exact) mass is 488 g/mol. The Labute approximate surface area is 198 Å². The van der Waals surface area contributed by atoms with Gasteiger partial charge in [0.1, 0.15) is 18.0 Å². The summed E-state index contributed by atoms with van der Waals surface area (Å²) >= 11 is 6.25. The molecule has 0 heterocycles. The molecule has 0 bridgehead atoms. The van der Waals surface area contributed by atoms with Gasteiger partial charge in [0.2, 0.25) is 5.91 Å². The molecule has 0 unspecified atom stereocenters. The van der Waals surface area contributed by atoms with E-state index in [2.05, 4.69) is 5.32 Å². The smallest absolute Gasteiger partial charge is 0.264 e. The van der Waals surface area contributed by atoms with Gasteiger partial charge in [0.25, 0.3) is 10.0 Å². The van der Waals surface area contributed by atoms with Gasteiger partial charge in [-0.2, -0.15) is 0 Å². The Bertz CT molecular complexity index is 1210. The second kappa shape index (κ2) is 10.6. The molecule has 1 amide bonds. The maximum Gasteiger partial charge on any atom is 0.264 e. The molecule has 0 spiro atoms. The lowest BCUT2D eigenvalue weighted by molar-refractivity contribution is -0.119. The lowest BCUT2D eigenvalue weighted by Gasteiger charge is -2.26. The van der Waals surface area contributed by atoms with Crippen LogP contribution in [0.1, 0.15) is 11.1 Å². The van der Waals surface area contributed by atoms with E-state index in [9.17, 15) is 13.2 Å². The number of halogens is 1. The van der Waals surface area contributed by atoms with Crippen LogP contribution < -0.4 is 19.1 Å². The summed E-state index contributed by atoms with van der Waals surface area (Å²) in [6.07, 6.45) is 0. The topological polar surface area (TPSA) is 84.9 Å². The zero-order chi connectivity index (χ0) is 24.0. The molecule has 3 aromatic carbocycles. The molecule has 0 saturated carbocycles. The number of anilines is 1. The van der Waals surface area contributed by atoms with Crippen molar-refractivity contribution in [3.63, 3.8) is 0 Å². The van der Waals surface area contributed by atoms with Crippen LogP contribution in [-0.2, 0) is 21.4 Å². The van der Waals surface area contributed by atoms with Crippen molar-refractivity contribution in [2.45, 2.75) is 18.4 Å². The van der Waals surface area contributed by atoms with Crippen molar-refractivity contribution >= 4 is 33.2 Å². The van der Waals surface area contributed by atoms with E-state index in [0.717, 1.165) is 9.87 Å². The maximum absolute atomic E-state index is 13.5. The Balaban J connectivity index is 1.88. The summed E-state index contributed by atoms with van der Waals surface area (Å²) in [7, 11) is -0.989. The predicted octanol–water partition coefficient (Wildman–Crippen LogP) is 4.18. The van der Waals surface area contributed by atoms with Gasteiger partial charge in [-0.05, 0) is 66.6 Å². The average molecular weight is 489 g/mol. The molecule has 33 heavy (non-hydrogen) atoms. The van der Waals surface area contributed by atoms with Crippen LogP contribution in [0, 0.1) is 6.92 Å². The minimum atomic E-state index is -4.06. The van der Waals surface area contributed by atoms with Crippen LogP contribution in [0.15, 0.2) is 71.6 Å². The van der Waals surface area contributed by atoms with Gasteiger partial charge in [-0.3, -0.25) is 9.10 Å². The highest BCUT2D eigenvalue weighted by Gasteiger charge is 2.28. The first-order valence-electron chi connectivity index (χ1n) is 10.1. The van der Waals surface area contributed by atoms with Gasteiger partial charge in [0.05, 0.1) is 24.8 Å². The number of nitrogens with zero attached hydrogens (tertiary/aromatic N) is 1. The number of hydrogen-bond acceptors (Lipinski definition) is 5. The highest BCUT2D eigenvalue weighted by atomic mass is 35.5. The van der Waals surface area contributed by atoms with E-state index in [4.69, 9.17) is 21.1 Å². The molecule has 174 valence electrons. The number of methoxy groups -OCH3 is 2. The second-order valence-electron chi connectivity index (χ2n) is 7.20. The normalized spacial score (nSPS) is 11.0. The van der Waals surface area contributed by atoms with Crippen LogP contribution in [-0.4, -0.2) is 35.1 Å². The number of ether oxygens (including phenoxy) is 2. The van der Waals surface area contributed by atoms with Gasteiger partial charge in [-0.15, -0.1) is 0 Å². The van der Waals surface area contributed by atoms with Gasteiger partial charge >= 0.3 is 0 Å². The van der Waals surface area contributed by atoms with Crippen molar-refractivity contribution in [3.8, 4) is 11.5 Å². The molecule has 7 nitrogen and oxygen atoms in total. The number of rotatable bonds is 9. The summed E-state index contributed by atoms with van der Waals surface area (Å²) in [5, 5.41) is 3.18. The molecule has 0 atom stereocenters. The SMILES string of the molecule is COc1ccc(CNC(=O)CN(c2cccc(Cl)c2C)S(=O)(=O)c2ccc(OC)cc2)cc1. The molecule has 0 aromatic heterocycles. The van der Waals surface area contributed by atoms with E-state index in [1.54, 1.807) is 56.5 Å². The number of nitrogens with one attached hydrogen (secondary N) is 1. The fourth-order valence-electron chi connectivity index (χ4n) is 3.17.